The van der Waals surface area contributed by atoms with E-state index in [0.29, 0.717) is 0 Å². The molecular weight excluding hydrogens is 200 g/mol. The smallest absolute Gasteiger partial charge is 0.377 e. The number of aliphatic imine (C=N–C) groups is 1. The van der Waals surface area contributed by atoms with Crippen molar-refractivity contribution in [3.63, 3.8) is 0 Å². The van der Waals surface area contributed by atoms with Crippen LogP contribution in [0.15, 0.2) is 4.99 Å². The van der Waals surface area contributed by atoms with Crippen LogP contribution < -0.4 is 0 Å². The van der Waals surface area contributed by atoms with Gasteiger partial charge in [-0.3, -0.25) is 4.99 Å². The Morgan fingerprint density at radius 3 is 2.36 bits per heavy atom. The van der Waals surface area contributed by atoms with Gasteiger partial charge in [-0.1, -0.05) is 0 Å². The summed E-state index contributed by atoms with van der Waals surface area (Å²) >= 11 is 0. The lowest BCUT2D eigenvalue weighted by Crippen LogP contribution is -2.45. The SMILES string of the molecule is CO[Si](CCN1C=NCC1)(OC)OC. The van der Waals surface area contributed by atoms with E-state index in [-0.39, 0.29) is 0 Å². The maximum Gasteiger partial charge on any atom is 0.501 e. The van der Waals surface area contributed by atoms with E-state index < -0.39 is 8.80 Å². The van der Waals surface area contributed by atoms with Gasteiger partial charge in [-0.2, -0.15) is 0 Å². The van der Waals surface area contributed by atoms with Gasteiger partial charge in [0.05, 0.1) is 12.9 Å². The molecule has 0 fully saturated rings. The van der Waals surface area contributed by atoms with E-state index in [1.165, 1.54) is 0 Å². The average Bonchev–Trinajstić information content (AvgIpc) is 2.74. The van der Waals surface area contributed by atoms with Gasteiger partial charge in [0, 0.05) is 40.5 Å². The van der Waals surface area contributed by atoms with E-state index in [0.717, 1.165) is 25.7 Å². The molecule has 1 heterocycles. The van der Waals surface area contributed by atoms with Crippen molar-refractivity contribution in [3.8, 4) is 0 Å². The fourth-order valence-electron chi connectivity index (χ4n) is 1.42. The van der Waals surface area contributed by atoms with E-state index in [1.54, 1.807) is 21.3 Å². The lowest BCUT2D eigenvalue weighted by molar-refractivity contribution is 0.121. The van der Waals surface area contributed by atoms with E-state index in [9.17, 15) is 0 Å². The van der Waals surface area contributed by atoms with Gasteiger partial charge in [0.2, 0.25) is 0 Å². The van der Waals surface area contributed by atoms with Crippen LogP contribution in [0.2, 0.25) is 6.04 Å². The summed E-state index contributed by atoms with van der Waals surface area (Å²) in [6, 6.07) is 0.794. The van der Waals surface area contributed by atoms with Crippen LogP contribution in [0.3, 0.4) is 0 Å². The number of hydrogen-bond donors (Lipinski definition) is 0. The van der Waals surface area contributed by atoms with Crippen molar-refractivity contribution in [1.82, 2.24) is 4.90 Å². The Labute approximate surface area is 86.0 Å². The monoisotopic (exact) mass is 218 g/mol. The number of nitrogens with zero attached hydrogens (tertiary/aromatic N) is 2. The Kier molecular flexibility index (Phi) is 4.53. The van der Waals surface area contributed by atoms with Crippen molar-refractivity contribution in [2.24, 2.45) is 4.99 Å². The van der Waals surface area contributed by atoms with Gasteiger partial charge < -0.3 is 18.2 Å². The molecule has 82 valence electrons. The van der Waals surface area contributed by atoms with E-state index in [1.807, 2.05) is 6.34 Å². The van der Waals surface area contributed by atoms with Crippen molar-refractivity contribution in [1.29, 1.82) is 0 Å². The fraction of sp³-hybridized carbons (Fsp3) is 0.875. The minimum Gasteiger partial charge on any atom is -0.377 e. The third-order valence-electron chi connectivity index (χ3n) is 2.40. The molecule has 0 radical (unpaired) electrons. The predicted octanol–water partition coefficient (Wildman–Crippen LogP) is 0.208. The highest BCUT2D eigenvalue weighted by molar-refractivity contribution is 6.60. The predicted molar refractivity (Wildman–Crippen MR) is 56.5 cm³/mol. The molecule has 14 heavy (non-hydrogen) atoms. The minimum absolute atomic E-state index is 0.794. The zero-order valence-corrected chi connectivity index (χ0v) is 10.0. The molecule has 0 saturated carbocycles. The lowest BCUT2D eigenvalue weighted by atomic mass is 10.6. The zero-order valence-electron chi connectivity index (χ0n) is 9.02. The van der Waals surface area contributed by atoms with Crippen molar-refractivity contribution in [2.75, 3.05) is 41.0 Å². The zero-order chi connectivity index (χ0) is 10.4. The second-order valence-corrected chi connectivity index (χ2v) is 6.19. The van der Waals surface area contributed by atoms with E-state index in [2.05, 4.69) is 9.89 Å². The molecule has 0 unspecified atom stereocenters. The Morgan fingerprint density at radius 1 is 1.29 bits per heavy atom. The normalized spacial score (nSPS) is 16.6. The topological polar surface area (TPSA) is 43.3 Å². The first kappa shape index (κ1) is 11.6. The molecule has 0 N–H and O–H groups in total. The number of hydrogen-bond acceptors (Lipinski definition) is 5. The molecule has 0 spiro atoms. The summed E-state index contributed by atoms with van der Waals surface area (Å²) in [6.45, 7) is 2.76. The molecule has 0 aromatic rings. The summed E-state index contributed by atoms with van der Waals surface area (Å²) in [6.07, 6.45) is 1.88. The molecular formula is C8H18N2O3Si. The molecule has 0 aromatic carbocycles. The summed E-state index contributed by atoms with van der Waals surface area (Å²) in [7, 11) is 2.52. The molecule has 0 aliphatic carbocycles. The highest BCUT2D eigenvalue weighted by Crippen LogP contribution is 2.13. The molecule has 5 nitrogen and oxygen atoms in total. The Hall–Kier alpha value is -0.433. The lowest BCUT2D eigenvalue weighted by Gasteiger charge is -2.26. The molecule has 0 amide bonds. The van der Waals surface area contributed by atoms with Crippen LogP contribution in [-0.2, 0) is 13.3 Å². The molecule has 0 aromatic heterocycles. The summed E-state index contributed by atoms with van der Waals surface area (Å²) in [4.78, 5) is 6.29. The van der Waals surface area contributed by atoms with E-state index in [4.69, 9.17) is 13.3 Å². The van der Waals surface area contributed by atoms with Gasteiger partial charge in [-0.15, -0.1) is 0 Å². The van der Waals surface area contributed by atoms with Crippen molar-refractivity contribution in [3.05, 3.63) is 0 Å². The molecule has 0 saturated heterocycles. The Morgan fingerprint density at radius 2 is 1.93 bits per heavy atom. The summed E-state index contributed by atoms with van der Waals surface area (Å²) in [5.74, 6) is 0. The second-order valence-electron chi connectivity index (χ2n) is 3.10. The van der Waals surface area contributed by atoms with Crippen LogP contribution in [0.5, 0.6) is 0 Å². The maximum atomic E-state index is 5.32. The largest absolute Gasteiger partial charge is 0.501 e. The van der Waals surface area contributed by atoms with Crippen LogP contribution in [0, 0.1) is 0 Å². The third kappa shape index (κ3) is 2.78. The fourth-order valence-corrected chi connectivity index (χ4v) is 3.10. The van der Waals surface area contributed by atoms with Gasteiger partial charge in [-0.25, -0.2) is 0 Å². The third-order valence-corrected chi connectivity index (χ3v) is 5.10. The summed E-state index contributed by atoms with van der Waals surface area (Å²) < 4.78 is 16.0. The molecule has 0 atom stereocenters. The molecule has 1 aliphatic heterocycles. The first-order valence-corrected chi connectivity index (χ1v) is 6.59. The first-order valence-electron chi connectivity index (χ1n) is 4.66. The summed E-state index contributed by atoms with van der Waals surface area (Å²) in [5.41, 5.74) is 0. The van der Waals surface area contributed by atoms with Crippen molar-refractivity contribution in [2.45, 2.75) is 6.04 Å². The first-order chi connectivity index (χ1) is 6.76. The van der Waals surface area contributed by atoms with Gasteiger partial charge >= 0.3 is 8.80 Å². The quantitative estimate of drug-likeness (QED) is 0.598. The van der Waals surface area contributed by atoms with Gasteiger partial charge in [0.1, 0.15) is 0 Å². The van der Waals surface area contributed by atoms with Crippen LogP contribution in [0.25, 0.3) is 0 Å². The molecule has 1 rings (SSSR count). The number of rotatable bonds is 6. The van der Waals surface area contributed by atoms with E-state index >= 15 is 0 Å². The highest BCUT2D eigenvalue weighted by atomic mass is 28.4. The van der Waals surface area contributed by atoms with Crippen molar-refractivity contribution < 1.29 is 13.3 Å². The standard InChI is InChI=1S/C8H18N2O3Si/c1-11-14(12-2,13-3)7-6-10-5-4-9-8-10/h8H,4-7H2,1-3H3. The van der Waals surface area contributed by atoms with Crippen LogP contribution in [0.1, 0.15) is 0 Å². The second kappa shape index (κ2) is 5.45. The van der Waals surface area contributed by atoms with Gasteiger partial charge in [0.15, 0.2) is 0 Å². The molecule has 0 bridgehead atoms. The average molecular weight is 218 g/mol. The maximum absolute atomic E-state index is 5.32. The highest BCUT2D eigenvalue weighted by Gasteiger charge is 2.37. The van der Waals surface area contributed by atoms with Crippen LogP contribution in [0.4, 0.5) is 0 Å². The summed E-state index contributed by atoms with van der Waals surface area (Å²) in [5, 5.41) is 0. The van der Waals surface area contributed by atoms with Gasteiger partial charge in [0.25, 0.3) is 0 Å². The van der Waals surface area contributed by atoms with Crippen LogP contribution in [-0.4, -0.2) is 61.0 Å². The minimum atomic E-state index is -2.39. The Balaban J connectivity index is 2.35. The molecule has 1 aliphatic rings. The van der Waals surface area contributed by atoms with Crippen LogP contribution >= 0.6 is 0 Å². The molecule has 6 heteroatoms. The Bertz CT molecular complexity index is 189. The van der Waals surface area contributed by atoms with Gasteiger partial charge in [-0.05, 0) is 0 Å². The van der Waals surface area contributed by atoms with Crippen molar-refractivity contribution >= 4 is 15.1 Å².